The van der Waals surface area contributed by atoms with Crippen molar-refractivity contribution in [1.29, 1.82) is 0 Å². The largest absolute Gasteiger partial charge is 0.497 e. The van der Waals surface area contributed by atoms with Gasteiger partial charge >= 0.3 is 0 Å². The molecule has 1 heterocycles. The Kier molecular flexibility index (Phi) is 5.43. The van der Waals surface area contributed by atoms with Crippen LogP contribution < -0.4 is 15.4 Å². The number of hydrogen-bond donors (Lipinski definition) is 2. The molecule has 1 aromatic heterocycles. The highest BCUT2D eigenvalue weighted by Gasteiger charge is 2.07. The van der Waals surface area contributed by atoms with Gasteiger partial charge < -0.3 is 15.4 Å². The molecular weight excluding hydrogens is 333 g/mol. The fraction of sp³-hybridized carbons (Fsp3) is 0.100. The van der Waals surface area contributed by atoms with Crippen molar-refractivity contribution in [2.75, 3.05) is 12.4 Å². The Morgan fingerprint density at radius 2 is 1.69 bits per heavy atom. The second kappa shape index (κ2) is 8.11. The summed E-state index contributed by atoms with van der Waals surface area (Å²) in [5.74, 6) is 0.220. The summed E-state index contributed by atoms with van der Waals surface area (Å²) in [5.41, 5.74) is 2.74. The van der Waals surface area contributed by atoms with Crippen LogP contribution in [0.4, 0.5) is 15.8 Å². The fourth-order valence-electron chi connectivity index (χ4n) is 2.32. The second-order valence-electron chi connectivity index (χ2n) is 5.59. The molecule has 3 rings (SSSR count). The van der Waals surface area contributed by atoms with Crippen molar-refractivity contribution in [2.24, 2.45) is 0 Å². The molecule has 0 aliphatic carbocycles. The number of methoxy groups -OCH3 is 1. The van der Waals surface area contributed by atoms with Crippen LogP contribution in [0.1, 0.15) is 16.1 Å². The molecule has 2 aromatic carbocycles. The molecule has 132 valence electrons. The van der Waals surface area contributed by atoms with E-state index in [2.05, 4.69) is 15.6 Å². The van der Waals surface area contributed by atoms with Crippen molar-refractivity contribution in [3.63, 3.8) is 0 Å². The van der Waals surface area contributed by atoms with Gasteiger partial charge in [0, 0.05) is 12.2 Å². The zero-order chi connectivity index (χ0) is 18.4. The van der Waals surface area contributed by atoms with E-state index in [0.29, 0.717) is 17.9 Å². The summed E-state index contributed by atoms with van der Waals surface area (Å²) in [7, 11) is 1.61. The van der Waals surface area contributed by atoms with Crippen molar-refractivity contribution in [3.05, 3.63) is 83.9 Å². The molecular formula is C20H18FN3O2. The van der Waals surface area contributed by atoms with E-state index in [1.165, 1.54) is 12.1 Å². The van der Waals surface area contributed by atoms with E-state index in [1.54, 1.807) is 37.6 Å². The van der Waals surface area contributed by atoms with Crippen LogP contribution >= 0.6 is 0 Å². The molecule has 0 radical (unpaired) electrons. The number of nitrogens with one attached hydrogen (secondary N) is 2. The van der Waals surface area contributed by atoms with E-state index in [9.17, 15) is 9.18 Å². The van der Waals surface area contributed by atoms with Crippen LogP contribution in [0.25, 0.3) is 0 Å². The predicted molar refractivity (Wildman–Crippen MR) is 98.1 cm³/mol. The lowest BCUT2D eigenvalue weighted by Gasteiger charge is -2.08. The molecule has 0 atom stereocenters. The first-order valence-corrected chi connectivity index (χ1v) is 8.04. The molecule has 0 saturated carbocycles. The Morgan fingerprint density at radius 3 is 2.31 bits per heavy atom. The van der Waals surface area contributed by atoms with Gasteiger partial charge in [0.25, 0.3) is 5.91 Å². The van der Waals surface area contributed by atoms with E-state index < -0.39 is 0 Å². The number of pyridine rings is 1. The van der Waals surface area contributed by atoms with Crippen molar-refractivity contribution >= 4 is 17.3 Å². The minimum Gasteiger partial charge on any atom is -0.497 e. The number of benzene rings is 2. The molecule has 0 spiro atoms. The normalized spacial score (nSPS) is 10.2. The van der Waals surface area contributed by atoms with E-state index in [4.69, 9.17) is 4.74 Å². The average Bonchev–Trinajstić information content (AvgIpc) is 2.69. The summed E-state index contributed by atoms with van der Waals surface area (Å²) in [6, 6.07) is 16.9. The second-order valence-corrected chi connectivity index (χ2v) is 5.59. The molecule has 5 nitrogen and oxygen atoms in total. The van der Waals surface area contributed by atoms with Crippen LogP contribution in [0.2, 0.25) is 0 Å². The SMILES string of the molecule is COc1ccc(CNC(=O)c2ccc(Nc3ccc(F)cc3)cn2)cc1. The summed E-state index contributed by atoms with van der Waals surface area (Å²) in [6.07, 6.45) is 1.56. The fourth-order valence-corrected chi connectivity index (χ4v) is 2.32. The Morgan fingerprint density at radius 1 is 1.00 bits per heavy atom. The number of aromatic nitrogens is 1. The third-order valence-corrected chi connectivity index (χ3v) is 3.74. The summed E-state index contributed by atoms with van der Waals surface area (Å²) < 4.78 is 18.0. The Balaban J connectivity index is 1.56. The Labute approximate surface area is 150 Å². The summed E-state index contributed by atoms with van der Waals surface area (Å²) in [6.45, 7) is 0.403. The van der Waals surface area contributed by atoms with Crippen molar-refractivity contribution in [3.8, 4) is 5.75 Å². The lowest BCUT2D eigenvalue weighted by molar-refractivity contribution is 0.0946. The topological polar surface area (TPSA) is 63.2 Å². The lowest BCUT2D eigenvalue weighted by Crippen LogP contribution is -2.23. The smallest absolute Gasteiger partial charge is 0.270 e. The highest BCUT2D eigenvalue weighted by molar-refractivity contribution is 5.92. The van der Waals surface area contributed by atoms with E-state index in [-0.39, 0.29) is 11.7 Å². The van der Waals surface area contributed by atoms with Crippen LogP contribution in [-0.4, -0.2) is 18.0 Å². The molecule has 1 amide bonds. The maximum absolute atomic E-state index is 12.9. The maximum Gasteiger partial charge on any atom is 0.270 e. The number of carbonyl (C=O) groups is 1. The zero-order valence-electron chi connectivity index (χ0n) is 14.2. The average molecular weight is 351 g/mol. The lowest BCUT2D eigenvalue weighted by atomic mass is 10.2. The van der Waals surface area contributed by atoms with Crippen molar-refractivity contribution < 1.29 is 13.9 Å². The van der Waals surface area contributed by atoms with Crippen molar-refractivity contribution in [2.45, 2.75) is 6.54 Å². The van der Waals surface area contributed by atoms with Crippen LogP contribution in [-0.2, 0) is 6.54 Å². The first-order valence-electron chi connectivity index (χ1n) is 8.04. The molecule has 0 aliphatic rings. The molecule has 0 bridgehead atoms. The highest BCUT2D eigenvalue weighted by Crippen LogP contribution is 2.16. The van der Waals surface area contributed by atoms with Gasteiger partial charge in [0.1, 0.15) is 17.3 Å². The van der Waals surface area contributed by atoms with Crippen LogP contribution in [0, 0.1) is 5.82 Å². The number of anilines is 2. The van der Waals surface area contributed by atoms with Gasteiger partial charge in [-0.3, -0.25) is 4.79 Å². The van der Waals surface area contributed by atoms with E-state index >= 15 is 0 Å². The summed E-state index contributed by atoms with van der Waals surface area (Å²) in [4.78, 5) is 16.4. The predicted octanol–water partition coefficient (Wildman–Crippen LogP) is 3.90. The maximum atomic E-state index is 12.9. The molecule has 0 aliphatic heterocycles. The molecule has 3 aromatic rings. The minimum absolute atomic E-state index is 0.255. The monoisotopic (exact) mass is 351 g/mol. The minimum atomic E-state index is -0.294. The first kappa shape index (κ1) is 17.4. The van der Waals surface area contributed by atoms with Gasteiger partial charge in [-0.2, -0.15) is 0 Å². The third kappa shape index (κ3) is 4.57. The number of carbonyl (C=O) groups excluding carboxylic acids is 1. The first-order chi connectivity index (χ1) is 12.6. The number of halogens is 1. The summed E-state index contributed by atoms with van der Waals surface area (Å²) in [5, 5.41) is 5.92. The van der Waals surface area contributed by atoms with Gasteiger partial charge in [-0.05, 0) is 54.1 Å². The van der Waals surface area contributed by atoms with Crippen molar-refractivity contribution in [1.82, 2.24) is 10.3 Å². The van der Waals surface area contributed by atoms with Gasteiger partial charge in [-0.15, -0.1) is 0 Å². The molecule has 2 N–H and O–H groups in total. The van der Waals surface area contributed by atoms with Crippen LogP contribution in [0.5, 0.6) is 5.75 Å². The molecule has 0 unspecified atom stereocenters. The van der Waals surface area contributed by atoms with Crippen LogP contribution in [0.15, 0.2) is 66.9 Å². The third-order valence-electron chi connectivity index (χ3n) is 3.74. The Hall–Kier alpha value is -3.41. The quantitative estimate of drug-likeness (QED) is 0.707. The van der Waals surface area contributed by atoms with Gasteiger partial charge in [-0.25, -0.2) is 9.37 Å². The Bertz CT molecular complexity index is 863. The zero-order valence-corrected chi connectivity index (χ0v) is 14.2. The van der Waals surface area contributed by atoms with Gasteiger partial charge in [0.15, 0.2) is 0 Å². The number of hydrogen-bond acceptors (Lipinski definition) is 4. The van der Waals surface area contributed by atoms with Gasteiger partial charge in [0.05, 0.1) is 19.0 Å². The summed E-state index contributed by atoms with van der Waals surface area (Å²) >= 11 is 0. The number of ether oxygens (including phenoxy) is 1. The van der Waals surface area contributed by atoms with Crippen LogP contribution in [0.3, 0.4) is 0 Å². The molecule has 26 heavy (non-hydrogen) atoms. The molecule has 0 saturated heterocycles. The van der Waals surface area contributed by atoms with E-state index in [1.807, 2.05) is 24.3 Å². The van der Waals surface area contributed by atoms with Gasteiger partial charge in [0.2, 0.25) is 0 Å². The number of rotatable bonds is 6. The highest BCUT2D eigenvalue weighted by atomic mass is 19.1. The standard InChI is InChI=1S/C20H18FN3O2/c1-26-18-9-2-14(3-10-18)12-23-20(25)19-11-8-17(13-22-19)24-16-6-4-15(21)5-7-16/h2-11,13,24H,12H2,1H3,(H,23,25). The number of nitrogens with zero attached hydrogens (tertiary/aromatic N) is 1. The molecule has 0 fully saturated rings. The van der Waals surface area contributed by atoms with E-state index in [0.717, 1.165) is 17.0 Å². The molecule has 6 heteroatoms. The number of amides is 1. The van der Waals surface area contributed by atoms with Gasteiger partial charge in [-0.1, -0.05) is 12.1 Å².